The number of aromatic nitrogens is 4. The molecule has 1 aliphatic heterocycles. The summed E-state index contributed by atoms with van der Waals surface area (Å²) in [5, 5.41) is 8.45. The Bertz CT molecular complexity index is 809. The quantitative estimate of drug-likeness (QED) is 0.725. The molecule has 1 amide bonds. The van der Waals surface area contributed by atoms with Gasteiger partial charge in [-0.05, 0) is 32.6 Å². The van der Waals surface area contributed by atoms with Crippen LogP contribution in [0.2, 0.25) is 0 Å². The van der Waals surface area contributed by atoms with Gasteiger partial charge in [-0.1, -0.05) is 18.0 Å². The highest BCUT2D eigenvalue weighted by molar-refractivity contribution is 5.78. The normalized spacial score (nSPS) is 19.9. The van der Waals surface area contributed by atoms with E-state index < -0.39 is 0 Å². The molecule has 28 heavy (non-hydrogen) atoms. The first kappa shape index (κ1) is 19.1. The molecule has 8 heteroatoms. The van der Waals surface area contributed by atoms with Crippen LogP contribution >= 0.6 is 0 Å². The largest absolute Gasteiger partial charge is 0.381 e. The highest BCUT2D eigenvalue weighted by Crippen LogP contribution is 2.32. The van der Waals surface area contributed by atoms with Crippen molar-refractivity contribution in [2.45, 2.75) is 65.0 Å². The van der Waals surface area contributed by atoms with Crippen LogP contribution in [0.1, 0.15) is 61.5 Å². The molecule has 2 aromatic heterocycles. The number of hydrogen-bond donors (Lipinski definition) is 0. The average molecular weight is 387 g/mol. The molecule has 1 atom stereocenters. The number of rotatable bonds is 7. The number of ether oxygens (including phenoxy) is 1. The summed E-state index contributed by atoms with van der Waals surface area (Å²) < 4.78 is 13.0. The van der Waals surface area contributed by atoms with E-state index >= 15 is 0 Å². The van der Waals surface area contributed by atoms with Gasteiger partial charge in [0, 0.05) is 37.7 Å². The summed E-state index contributed by atoms with van der Waals surface area (Å²) in [6.45, 7) is 7.21. The lowest BCUT2D eigenvalue weighted by atomic mass is 9.96. The van der Waals surface area contributed by atoms with Gasteiger partial charge in [-0.3, -0.25) is 9.48 Å². The van der Waals surface area contributed by atoms with Crippen LogP contribution in [0.25, 0.3) is 0 Å². The van der Waals surface area contributed by atoms with Gasteiger partial charge >= 0.3 is 0 Å². The molecule has 1 aliphatic carbocycles. The maximum Gasteiger partial charge on any atom is 0.236 e. The number of amides is 1. The topological polar surface area (TPSA) is 86.3 Å². The number of carbonyl (C=O) groups excluding carboxylic acids is 1. The third kappa shape index (κ3) is 4.11. The third-order valence-corrected chi connectivity index (χ3v) is 5.80. The maximum atomic E-state index is 12.8. The molecule has 0 bridgehead atoms. The fraction of sp³-hybridized carbons (Fsp3) is 0.700. The van der Waals surface area contributed by atoms with E-state index in [0.29, 0.717) is 38.0 Å². The Balaban J connectivity index is 1.51. The van der Waals surface area contributed by atoms with E-state index in [4.69, 9.17) is 9.26 Å². The average Bonchev–Trinajstić information content (AvgIpc) is 3.42. The number of hydrogen-bond acceptors (Lipinski definition) is 6. The molecule has 4 rings (SSSR count). The molecule has 0 aromatic carbocycles. The van der Waals surface area contributed by atoms with E-state index in [-0.39, 0.29) is 18.2 Å². The zero-order valence-electron chi connectivity index (χ0n) is 16.8. The Kier molecular flexibility index (Phi) is 5.75. The summed E-state index contributed by atoms with van der Waals surface area (Å²) in [6.07, 6.45) is 7.30. The van der Waals surface area contributed by atoms with Crippen LogP contribution in [0.4, 0.5) is 0 Å². The highest BCUT2D eigenvalue weighted by atomic mass is 16.5. The van der Waals surface area contributed by atoms with Crippen molar-refractivity contribution in [3.8, 4) is 0 Å². The predicted octanol–water partition coefficient (Wildman–Crippen LogP) is 2.47. The minimum atomic E-state index is -0.000610. The zero-order chi connectivity index (χ0) is 19.5. The molecular formula is C20H29N5O3. The van der Waals surface area contributed by atoms with Crippen molar-refractivity contribution >= 4 is 5.91 Å². The molecule has 0 N–H and O–H groups in total. The van der Waals surface area contributed by atoms with Crippen LogP contribution in [0.5, 0.6) is 0 Å². The first-order valence-corrected chi connectivity index (χ1v) is 10.3. The van der Waals surface area contributed by atoms with Gasteiger partial charge < -0.3 is 14.2 Å². The van der Waals surface area contributed by atoms with Crippen molar-refractivity contribution < 1.29 is 14.1 Å². The van der Waals surface area contributed by atoms with Crippen molar-refractivity contribution in [2.24, 2.45) is 5.92 Å². The summed E-state index contributed by atoms with van der Waals surface area (Å²) >= 11 is 0. The molecule has 0 saturated heterocycles. The van der Waals surface area contributed by atoms with Crippen LogP contribution in [0.3, 0.4) is 0 Å². The third-order valence-electron chi connectivity index (χ3n) is 5.80. The molecule has 1 saturated carbocycles. The van der Waals surface area contributed by atoms with Crippen LogP contribution in [-0.2, 0) is 29.0 Å². The lowest BCUT2D eigenvalue weighted by molar-refractivity contribution is -0.132. The molecule has 0 radical (unpaired) electrons. The van der Waals surface area contributed by atoms with E-state index in [0.717, 1.165) is 18.0 Å². The maximum absolute atomic E-state index is 12.8. The van der Waals surface area contributed by atoms with Crippen LogP contribution in [-0.4, -0.2) is 50.5 Å². The zero-order valence-corrected chi connectivity index (χ0v) is 16.8. The van der Waals surface area contributed by atoms with E-state index in [1.54, 1.807) is 6.92 Å². The minimum Gasteiger partial charge on any atom is -0.381 e. The monoisotopic (exact) mass is 387 g/mol. The molecule has 8 nitrogen and oxygen atoms in total. The summed E-state index contributed by atoms with van der Waals surface area (Å²) in [6, 6.07) is 0. The fourth-order valence-electron chi connectivity index (χ4n) is 4.47. The smallest absolute Gasteiger partial charge is 0.236 e. The highest BCUT2D eigenvalue weighted by Gasteiger charge is 2.33. The molecule has 1 unspecified atom stereocenters. The number of carbonyl (C=O) groups is 1. The fourth-order valence-corrected chi connectivity index (χ4v) is 4.47. The van der Waals surface area contributed by atoms with Gasteiger partial charge in [0.25, 0.3) is 0 Å². The lowest BCUT2D eigenvalue weighted by Gasteiger charge is -2.33. The summed E-state index contributed by atoms with van der Waals surface area (Å²) in [7, 11) is 0. The molecule has 1 fully saturated rings. The SMILES string of the molecule is CCOCC1CN(C(=O)Cc2nc(C)no2)Cc2cnn(CC3CCCC3)c21. The predicted molar refractivity (Wildman–Crippen MR) is 102 cm³/mol. The number of nitrogens with zero attached hydrogens (tertiary/aromatic N) is 5. The second-order valence-corrected chi connectivity index (χ2v) is 7.93. The molecule has 2 aromatic rings. The van der Waals surface area contributed by atoms with Crippen LogP contribution in [0, 0.1) is 12.8 Å². The van der Waals surface area contributed by atoms with E-state index in [9.17, 15) is 4.79 Å². The Labute approximate surface area is 165 Å². The number of aryl methyl sites for hydroxylation is 1. The van der Waals surface area contributed by atoms with Crippen LogP contribution < -0.4 is 0 Å². The summed E-state index contributed by atoms with van der Waals surface area (Å²) in [5.74, 6) is 1.77. The Morgan fingerprint density at radius 3 is 2.89 bits per heavy atom. The molecular weight excluding hydrogens is 358 g/mol. The van der Waals surface area contributed by atoms with Gasteiger partial charge in [0.05, 0.1) is 18.5 Å². The van der Waals surface area contributed by atoms with E-state index in [2.05, 4.69) is 19.9 Å². The molecule has 0 spiro atoms. The van der Waals surface area contributed by atoms with Gasteiger partial charge in [0.1, 0.15) is 6.42 Å². The Hall–Kier alpha value is -2.22. The van der Waals surface area contributed by atoms with Gasteiger partial charge in [0.15, 0.2) is 5.82 Å². The minimum absolute atomic E-state index is 0.000610. The first-order valence-electron chi connectivity index (χ1n) is 10.3. The second kappa shape index (κ2) is 8.43. The standard InChI is InChI=1S/C20H29N5O3/c1-3-27-13-17-12-24(19(26)8-18-22-14(2)23-28-18)11-16-9-21-25(20(16)17)10-15-6-4-5-7-15/h9,15,17H,3-8,10-13H2,1-2H3. The van der Waals surface area contributed by atoms with Gasteiger partial charge in [0.2, 0.25) is 11.8 Å². The van der Waals surface area contributed by atoms with Crippen molar-refractivity contribution in [2.75, 3.05) is 19.8 Å². The number of fused-ring (bicyclic) bond motifs is 1. The molecule has 3 heterocycles. The van der Waals surface area contributed by atoms with Gasteiger partial charge in [-0.25, -0.2) is 0 Å². The Morgan fingerprint density at radius 2 is 2.18 bits per heavy atom. The molecule has 2 aliphatic rings. The summed E-state index contributed by atoms with van der Waals surface area (Å²) in [4.78, 5) is 18.8. The lowest BCUT2D eigenvalue weighted by Crippen LogP contribution is -2.41. The molecule has 152 valence electrons. The van der Waals surface area contributed by atoms with Gasteiger partial charge in [-0.15, -0.1) is 0 Å². The summed E-state index contributed by atoms with van der Waals surface area (Å²) in [5.41, 5.74) is 2.38. The van der Waals surface area contributed by atoms with E-state index in [1.807, 2.05) is 18.0 Å². The van der Waals surface area contributed by atoms with Crippen molar-refractivity contribution in [3.05, 3.63) is 29.2 Å². The Morgan fingerprint density at radius 1 is 1.36 bits per heavy atom. The van der Waals surface area contributed by atoms with Crippen molar-refractivity contribution in [1.82, 2.24) is 24.8 Å². The van der Waals surface area contributed by atoms with Crippen LogP contribution in [0.15, 0.2) is 10.7 Å². The van der Waals surface area contributed by atoms with Crippen molar-refractivity contribution in [1.29, 1.82) is 0 Å². The first-order chi connectivity index (χ1) is 13.6. The van der Waals surface area contributed by atoms with Crippen molar-refractivity contribution in [3.63, 3.8) is 0 Å². The second-order valence-electron chi connectivity index (χ2n) is 7.93. The van der Waals surface area contributed by atoms with Gasteiger partial charge in [-0.2, -0.15) is 10.1 Å². The van der Waals surface area contributed by atoms with E-state index in [1.165, 1.54) is 31.4 Å².